The number of ether oxygens (including phenoxy) is 1. The number of hydrogen-bond donors (Lipinski definition) is 1. The molecule has 4 aliphatic carbocycles. The summed E-state index contributed by atoms with van der Waals surface area (Å²) in [6.45, 7) is 2.67. The molecule has 0 spiro atoms. The molecule has 1 N–H and O–H groups in total. The van der Waals surface area contributed by atoms with E-state index in [0.717, 1.165) is 34.3 Å². The topological polar surface area (TPSA) is 24.5 Å². The molecule has 1 aromatic carbocycles. The Kier molecular flexibility index (Phi) is 4.19. The summed E-state index contributed by atoms with van der Waals surface area (Å²) in [5.41, 5.74) is 1.26. The average molecular weight is 345 g/mol. The molecule has 0 radical (unpaired) electrons. The van der Waals surface area contributed by atoms with Gasteiger partial charge in [-0.05, 0) is 87.6 Å². The lowest BCUT2D eigenvalue weighted by molar-refractivity contribution is -0.0538. The first-order valence-corrected chi connectivity index (χ1v) is 9.77. The molecular weight excluding hydrogens is 316 g/mol. The summed E-state index contributed by atoms with van der Waals surface area (Å²) < 4.78 is 5.73. The predicted molar refractivity (Wildman–Crippen MR) is 102 cm³/mol. The van der Waals surface area contributed by atoms with Crippen LogP contribution < -0.4 is 10.1 Å². The van der Waals surface area contributed by atoms with Gasteiger partial charge in [-0.15, -0.1) is 0 Å². The number of thiocarbonyl (C=S) groups is 1. The Hall–Kier alpha value is -1.29. The van der Waals surface area contributed by atoms with E-state index in [1.165, 1.54) is 38.5 Å². The van der Waals surface area contributed by atoms with Crippen molar-refractivity contribution in [1.29, 1.82) is 0 Å². The second kappa shape index (κ2) is 6.21. The second-order valence-electron chi connectivity index (χ2n) is 8.06. The van der Waals surface area contributed by atoms with Gasteiger partial charge in [0.05, 0.1) is 12.3 Å². The zero-order chi connectivity index (χ0) is 16.7. The maximum atomic E-state index is 5.80. The van der Waals surface area contributed by atoms with Gasteiger partial charge in [0.1, 0.15) is 5.75 Å². The Morgan fingerprint density at radius 3 is 2.33 bits per heavy atom. The molecule has 0 aromatic heterocycles. The number of hydrogen-bond acceptors (Lipinski definition) is 2. The fourth-order valence-electron chi connectivity index (χ4n) is 5.74. The Bertz CT molecular complexity index is 595. The SMILES string of the molecule is CCOc1ccccc1NC(=S)N(C)C12CC3CC(CC(C3)C1)C2. The first-order valence-electron chi connectivity index (χ1n) is 9.36. The number of anilines is 1. The van der Waals surface area contributed by atoms with Gasteiger partial charge in [0.25, 0.3) is 0 Å². The van der Waals surface area contributed by atoms with E-state index < -0.39 is 0 Å². The van der Waals surface area contributed by atoms with E-state index in [-0.39, 0.29) is 0 Å². The molecule has 3 nitrogen and oxygen atoms in total. The van der Waals surface area contributed by atoms with Gasteiger partial charge in [-0.3, -0.25) is 0 Å². The summed E-state index contributed by atoms with van der Waals surface area (Å²) in [5, 5.41) is 4.29. The number of para-hydroxylation sites is 2. The zero-order valence-corrected chi connectivity index (χ0v) is 15.6. The van der Waals surface area contributed by atoms with Crippen LogP contribution >= 0.6 is 12.2 Å². The molecular formula is C20H28N2OS. The van der Waals surface area contributed by atoms with Crippen molar-refractivity contribution in [3.8, 4) is 5.75 Å². The van der Waals surface area contributed by atoms with Gasteiger partial charge in [0.2, 0.25) is 0 Å². The Morgan fingerprint density at radius 1 is 1.17 bits per heavy atom. The molecule has 0 amide bonds. The van der Waals surface area contributed by atoms with Crippen molar-refractivity contribution in [1.82, 2.24) is 4.90 Å². The summed E-state index contributed by atoms with van der Waals surface area (Å²) in [7, 11) is 2.20. The molecule has 130 valence electrons. The quantitative estimate of drug-likeness (QED) is 0.801. The van der Waals surface area contributed by atoms with Gasteiger partial charge in [-0.25, -0.2) is 0 Å². The Labute approximate surface area is 150 Å². The van der Waals surface area contributed by atoms with Crippen LogP contribution in [0.4, 0.5) is 5.69 Å². The van der Waals surface area contributed by atoms with Crippen molar-refractivity contribution in [3.63, 3.8) is 0 Å². The van der Waals surface area contributed by atoms with Crippen molar-refractivity contribution in [3.05, 3.63) is 24.3 Å². The molecule has 4 bridgehead atoms. The maximum absolute atomic E-state index is 5.80. The molecule has 4 heteroatoms. The van der Waals surface area contributed by atoms with Gasteiger partial charge < -0.3 is 15.0 Å². The highest BCUT2D eigenvalue weighted by atomic mass is 32.1. The minimum absolute atomic E-state index is 0.291. The minimum Gasteiger partial charge on any atom is -0.492 e. The molecule has 4 aliphatic rings. The van der Waals surface area contributed by atoms with Crippen molar-refractivity contribution in [2.24, 2.45) is 17.8 Å². The molecule has 24 heavy (non-hydrogen) atoms. The summed E-state index contributed by atoms with van der Waals surface area (Å²) in [4.78, 5) is 2.38. The number of benzene rings is 1. The van der Waals surface area contributed by atoms with Crippen LogP contribution in [-0.2, 0) is 0 Å². The van der Waals surface area contributed by atoms with Crippen LogP contribution in [0.3, 0.4) is 0 Å². The molecule has 0 aliphatic heterocycles. The molecule has 0 atom stereocenters. The standard InChI is InChI=1S/C20H28N2OS/c1-3-23-18-7-5-4-6-17(18)21-19(24)22(2)20-11-14-8-15(12-20)10-16(9-14)13-20/h4-7,14-16H,3,8-13H2,1-2H3,(H,21,24). The summed E-state index contributed by atoms with van der Waals surface area (Å²) in [6.07, 6.45) is 8.35. The molecule has 5 rings (SSSR count). The lowest BCUT2D eigenvalue weighted by atomic mass is 9.52. The van der Waals surface area contributed by atoms with Gasteiger partial charge in [0.15, 0.2) is 5.11 Å². The highest BCUT2D eigenvalue weighted by molar-refractivity contribution is 7.80. The van der Waals surface area contributed by atoms with E-state index in [0.29, 0.717) is 12.1 Å². The van der Waals surface area contributed by atoms with Crippen molar-refractivity contribution < 1.29 is 4.74 Å². The fraction of sp³-hybridized carbons (Fsp3) is 0.650. The van der Waals surface area contributed by atoms with E-state index >= 15 is 0 Å². The third-order valence-electron chi connectivity index (χ3n) is 6.45. The number of nitrogens with one attached hydrogen (secondary N) is 1. The van der Waals surface area contributed by atoms with Crippen LogP contribution in [0.5, 0.6) is 5.75 Å². The largest absolute Gasteiger partial charge is 0.492 e. The van der Waals surface area contributed by atoms with E-state index in [4.69, 9.17) is 17.0 Å². The van der Waals surface area contributed by atoms with Crippen molar-refractivity contribution in [2.45, 2.75) is 51.0 Å². The van der Waals surface area contributed by atoms with Crippen LogP contribution in [0.2, 0.25) is 0 Å². The van der Waals surface area contributed by atoms with Gasteiger partial charge in [0, 0.05) is 12.6 Å². The van der Waals surface area contributed by atoms with Crippen LogP contribution in [0.15, 0.2) is 24.3 Å². The lowest BCUT2D eigenvalue weighted by Crippen LogP contribution is -2.60. The van der Waals surface area contributed by atoms with Crippen molar-refractivity contribution >= 4 is 23.0 Å². The second-order valence-corrected chi connectivity index (χ2v) is 8.45. The molecule has 0 saturated heterocycles. The monoisotopic (exact) mass is 344 g/mol. The van der Waals surface area contributed by atoms with Crippen LogP contribution in [-0.4, -0.2) is 29.2 Å². The highest BCUT2D eigenvalue weighted by Gasteiger charge is 2.53. The highest BCUT2D eigenvalue weighted by Crippen LogP contribution is 2.57. The van der Waals surface area contributed by atoms with E-state index in [9.17, 15) is 0 Å². The summed E-state index contributed by atoms with van der Waals surface area (Å²) >= 11 is 5.80. The molecule has 1 aromatic rings. The molecule has 0 unspecified atom stereocenters. The van der Waals surface area contributed by atoms with Gasteiger partial charge in [-0.2, -0.15) is 0 Å². The van der Waals surface area contributed by atoms with Crippen LogP contribution in [0.1, 0.15) is 45.4 Å². The first kappa shape index (κ1) is 16.2. The van der Waals surface area contributed by atoms with Crippen LogP contribution in [0.25, 0.3) is 0 Å². The van der Waals surface area contributed by atoms with E-state index in [1.54, 1.807) is 0 Å². The molecule has 0 heterocycles. The summed E-state index contributed by atoms with van der Waals surface area (Å²) in [5.74, 6) is 3.66. The smallest absolute Gasteiger partial charge is 0.173 e. The number of rotatable bonds is 4. The predicted octanol–water partition coefficient (Wildman–Crippen LogP) is 4.68. The maximum Gasteiger partial charge on any atom is 0.173 e. The normalized spacial score (nSPS) is 33.3. The van der Waals surface area contributed by atoms with E-state index in [2.05, 4.69) is 17.3 Å². The number of nitrogens with zero attached hydrogens (tertiary/aromatic N) is 1. The van der Waals surface area contributed by atoms with Crippen molar-refractivity contribution in [2.75, 3.05) is 19.0 Å². The van der Waals surface area contributed by atoms with Gasteiger partial charge in [-0.1, -0.05) is 12.1 Å². The molecule has 4 fully saturated rings. The first-order chi connectivity index (χ1) is 11.6. The minimum atomic E-state index is 0.291. The summed E-state index contributed by atoms with van der Waals surface area (Å²) in [6, 6.07) is 8.07. The third kappa shape index (κ3) is 2.79. The Morgan fingerprint density at radius 2 is 1.75 bits per heavy atom. The zero-order valence-electron chi connectivity index (χ0n) is 14.8. The molecule has 4 saturated carbocycles. The lowest BCUT2D eigenvalue weighted by Gasteiger charge is -2.60. The fourth-order valence-corrected chi connectivity index (χ4v) is 6.05. The van der Waals surface area contributed by atoms with E-state index in [1.807, 2.05) is 31.2 Å². The van der Waals surface area contributed by atoms with Gasteiger partial charge >= 0.3 is 0 Å². The Balaban J connectivity index is 1.51. The average Bonchev–Trinajstić information content (AvgIpc) is 2.55. The van der Waals surface area contributed by atoms with Crippen LogP contribution in [0, 0.1) is 17.8 Å². The third-order valence-corrected chi connectivity index (χ3v) is 6.83.